The van der Waals surface area contributed by atoms with E-state index in [2.05, 4.69) is 63.5 Å². The van der Waals surface area contributed by atoms with E-state index in [4.69, 9.17) is 0 Å². The molecule has 3 aromatic rings. The lowest BCUT2D eigenvalue weighted by Crippen LogP contribution is -2.16. The predicted octanol–water partition coefficient (Wildman–Crippen LogP) is 2.52. The summed E-state index contributed by atoms with van der Waals surface area (Å²) in [6.07, 6.45) is 0. The monoisotopic (exact) mass is 297 g/mol. The first-order valence-electron chi connectivity index (χ1n) is 7.59. The van der Waals surface area contributed by atoms with Crippen LogP contribution in [0.3, 0.4) is 0 Å². The second-order valence-electron chi connectivity index (χ2n) is 5.90. The molecule has 0 aliphatic rings. The van der Waals surface area contributed by atoms with Crippen molar-refractivity contribution in [3.63, 3.8) is 0 Å². The van der Waals surface area contributed by atoms with E-state index in [1.165, 1.54) is 16.8 Å². The molecule has 0 saturated carbocycles. The van der Waals surface area contributed by atoms with Crippen molar-refractivity contribution >= 4 is 11.0 Å². The number of rotatable bonds is 4. The molecule has 0 radical (unpaired) electrons. The Morgan fingerprint density at radius 3 is 2.45 bits per heavy atom. The highest BCUT2D eigenvalue weighted by Crippen LogP contribution is 2.16. The van der Waals surface area contributed by atoms with Gasteiger partial charge in [-0.2, -0.15) is 0 Å². The highest BCUT2D eigenvalue weighted by molar-refractivity contribution is 5.76. The zero-order chi connectivity index (χ0) is 15.9. The number of fused-ring (bicyclic) bond motifs is 1. The summed E-state index contributed by atoms with van der Waals surface area (Å²) in [5, 5.41) is 3.47. The molecule has 5 nitrogen and oxygen atoms in total. The lowest BCUT2D eigenvalue weighted by Gasteiger charge is -2.06. The summed E-state index contributed by atoms with van der Waals surface area (Å²) in [6.45, 7) is 7.77. The first kappa shape index (κ1) is 14.8. The summed E-state index contributed by atoms with van der Waals surface area (Å²) in [5.41, 5.74) is 5.81. The van der Waals surface area contributed by atoms with E-state index >= 15 is 0 Å². The van der Waals surface area contributed by atoms with Crippen LogP contribution in [0.4, 0.5) is 0 Å². The predicted molar refractivity (Wildman–Crippen MR) is 88.7 cm³/mol. The fourth-order valence-corrected chi connectivity index (χ4v) is 2.74. The van der Waals surface area contributed by atoms with Crippen molar-refractivity contribution in [1.82, 2.24) is 24.4 Å². The van der Waals surface area contributed by atoms with Crippen molar-refractivity contribution in [3.8, 4) is 0 Å². The third-order valence-corrected chi connectivity index (χ3v) is 4.49. The quantitative estimate of drug-likeness (QED) is 0.805. The highest BCUT2D eigenvalue weighted by Gasteiger charge is 2.08. The minimum absolute atomic E-state index is 0.768. The summed E-state index contributed by atoms with van der Waals surface area (Å²) in [6, 6.07) is 6.46. The van der Waals surface area contributed by atoms with Crippen LogP contribution in [0.2, 0.25) is 0 Å². The number of aryl methyl sites for hydroxylation is 3. The van der Waals surface area contributed by atoms with Crippen LogP contribution in [0.1, 0.15) is 28.6 Å². The Morgan fingerprint density at radius 2 is 1.77 bits per heavy atom. The van der Waals surface area contributed by atoms with E-state index in [1.54, 1.807) is 0 Å². The molecule has 0 saturated heterocycles. The van der Waals surface area contributed by atoms with Gasteiger partial charge in [0.05, 0.1) is 23.3 Å². The van der Waals surface area contributed by atoms with Gasteiger partial charge in [-0.3, -0.25) is 0 Å². The minimum atomic E-state index is 0.768. The lowest BCUT2D eigenvalue weighted by molar-refractivity contribution is 0.635. The Hall–Kier alpha value is -2.14. The van der Waals surface area contributed by atoms with Crippen LogP contribution in [0, 0.1) is 20.8 Å². The van der Waals surface area contributed by atoms with Crippen molar-refractivity contribution in [2.75, 3.05) is 0 Å². The second-order valence-corrected chi connectivity index (χ2v) is 5.90. The van der Waals surface area contributed by atoms with Gasteiger partial charge >= 0.3 is 0 Å². The molecule has 1 N–H and O–H groups in total. The van der Waals surface area contributed by atoms with Crippen molar-refractivity contribution in [2.24, 2.45) is 14.1 Å². The van der Waals surface area contributed by atoms with Crippen LogP contribution in [0.5, 0.6) is 0 Å². The summed E-state index contributed by atoms with van der Waals surface area (Å²) in [7, 11) is 4.11. The van der Waals surface area contributed by atoms with E-state index in [-0.39, 0.29) is 0 Å². The van der Waals surface area contributed by atoms with Crippen LogP contribution < -0.4 is 5.32 Å². The number of imidazole rings is 2. The van der Waals surface area contributed by atoms with Crippen LogP contribution in [-0.2, 0) is 27.2 Å². The lowest BCUT2D eigenvalue weighted by atomic mass is 10.2. The van der Waals surface area contributed by atoms with E-state index < -0.39 is 0 Å². The van der Waals surface area contributed by atoms with Gasteiger partial charge in [0.1, 0.15) is 11.6 Å². The Kier molecular flexibility index (Phi) is 3.74. The highest BCUT2D eigenvalue weighted by atomic mass is 15.1. The van der Waals surface area contributed by atoms with Crippen molar-refractivity contribution in [1.29, 1.82) is 0 Å². The first-order chi connectivity index (χ1) is 10.5. The molecule has 0 atom stereocenters. The van der Waals surface area contributed by atoms with Crippen molar-refractivity contribution in [3.05, 3.63) is 46.8 Å². The van der Waals surface area contributed by atoms with Gasteiger partial charge in [-0.05, 0) is 38.5 Å². The molecular weight excluding hydrogens is 274 g/mol. The van der Waals surface area contributed by atoms with E-state index in [1.807, 2.05) is 14.0 Å². The van der Waals surface area contributed by atoms with Gasteiger partial charge in [-0.15, -0.1) is 0 Å². The van der Waals surface area contributed by atoms with Gasteiger partial charge in [-0.1, -0.05) is 6.07 Å². The minimum Gasteiger partial charge on any atom is -0.334 e. The number of benzene rings is 1. The average Bonchev–Trinajstić information content (AvgIpc) is 2.91. The molecule has 22 heavy (non-hydrogen) atoms. The molecule has 3 rings (SSSR count). The standard InChI is InChI=1S/C17H23N5/c1-11-12(2)21(4)17(19-11)10-18-9-14-6-7-16-15(8-14)20-13(3)22(16)5/h6-8,18H,9-10H2,1-5H3. The molecule has 2 aromatic heterocycles. The number of nitrogens with one attached hydrogen (secondary N) is 1. The SMILES string of the molecule is Cc1nc(CNCc2ccc3c(c2)nc(C)n3C)n(C)c1C. The Bertz CT molecular complexity index is 825. The summed E-state index contributed by atoms with van der Waals surface area (Å²) in [4.78, 5) is 9.18. The molecule has 0 fully saturated rings. The van der Waals surface area contributed by atoms with Gasteiger partial charge in [0, 0.05) is 26.3 Å². The van der Waals surface area contributed by atoms with Crippen molar-refractivity contribution in [2.45, 2.75) is 33.9 Å². The fourth-order valence-electron chi connectivity index (χ4n) is 2.74. The van der Waals surface area contributed by atoms with E-state index in [0.29, 0.717) is 0 Å². The average molecular weight is 297 g/mol. The molecule has 0 spiro atoms. The largest absolute Gasteiger partial charge is 0.334 e. The fraction of sp³-hybridized carbons (Fsp3) is 0.412. The van der Waals surface area contributed by atoms with Gasteiger partial charge < -0.3 is 14.5 Å². The molecule has 116 valence electrons. The first-order valence-corrected chi connectivity index (χ1v) is 7.59. The third kappa shape index (κ3) is 2.52. The molecule has 0 amide bonds. The van der Waals surface area contributed by atoms with Gasteiger partial charge in [-0.25, -0.2) is 9.97 Å². The molecule has 5 heteroatoms. The topological polar surface area (TPSA) is 47.7 Å². The molecule has 1 aromatic carbocycles. The number of aromatic nitrogens is 4. The van der Waals surface area contributed by atoms with Crippen LogP contribution >= 0.6 is 0 Å². The summed E-state index contributed by atoms with van der Waals surface area (Å²) in [5.74, 6) is 2.11. The maximum Gasteiger partial charge on any atom is 0.122 e. The smallest absolute Gasteiger partial charge is 0.122 e. The zero-order valence-corrected chi connectivity index (χ0v) is 13.9. The maximum absolute atomic E-state index is 4.59. The number of nitrogens with zero attached hydrogens (tertiary/aromatic N) is 4. The molecule has 0 bridgehead atoms. The number of hydrogen-bond donors (Lipinski definition) is 1. The van der Waals surface area contributed by atoms with Crippen molar-refractivity contribution < 1.29 is 0 Å². The molecule has 0 unspecified atom stereocenters. The Labute approximate surface area is 131 Å². The zero-order valence-electron chi connectivity index (χ0n) is 13.9. The van der Waals surface area contributed by atoms with E-state index in [9.17, 15) is 0 Å². The third-order valence-electron chi connectivity index (χ3n) is 4.49. The van der Waals surface area contributed by atoms with Gasteiger partial charge in [0.25, 0.3) is 0 Å². The second kappa shape index (κ2) is 5.57. The Morgan fingerprint density at radius 1 is 1.00 bits per heavy atom. The maximum atomic E-state index is 4.59. The van der Waals surface area contributed by atoms with Crippen LogP contribution in [0.15, 0.2) is 18.2 Å². The molecule has 0 aliphatic carbocycles. The Balaban J connectivity index is 1.70. The van der Waals surface area contributed by atoms with Crippen LogP contribution in [0.25, 0.3) is 11.0 Å². The normalized spacial score (nSPS) is 11.5. The molecule has 0 aliphatic heterocycles. The molecular formula is C17H23N5. The summed E-state index contributed by atoms with van der Waals surface area (Å²) < 4.78 is 4.26. The van der Waals surface area contributed by atoms with Crippen LogP contribution in [-0.4, -0.2) is 19.1 Å². The summed E-state index contributed by atoms with van der Waals surface area (Å²) >= 11 is 0. The van der Waals surface area contributed by atoms with E-state index in [0.717, 1.165) is 35.9 Å². The van der Waals surface area contributed by atoms with Gasteiger partial charge in [0.2, 0.25) is 0 Å². The molecule has 2 heterocycles. The number of hydrogen-bond acceptors (Lipinski definition) is 3. The van der Waals surface area contributed by atoms with Gasteiger partial charge in [0.15, 0.2) is 0 Å².